The van der Waals surface area contributed by atoms with Gasteiger partial charge in [0, 0.05) is 19.6 Å². The lowest BCUT2D eigenvalue weighted by Crippen LogP contribution is -2.31. The molecule has 138 valence electrons. The van der Waals surface area contributed by atoms with Gasteiger partial charge in [-0.25, -0.2) is 14.8 Å². The molecule has 8 heteroatoms. The maximum absolute atomic E-state index is 12.7. The van der Waals surface area contributed by atoms with E-state index >= 15 is 0 Å². The van der Waals surface area contributed by atoms with Crippen LogP contribution < -0.4 is 11.0 Å². The number of carboxylic acid groups (broad SMARTS) is 1. The molecule has 26 heavy (non-hydrogen) atoms. The van der Waals surface area contributed by atoms with Crippen molar-refractivity contribution >= 4 is 17.4 Å². The van der Waals surface area contributed by atoms with Crippen LogP contribution in [0.4, 0.5) is 5.82 Å². The summed E-state index contributed by atoms with van der Waals surface area (Å²) in [5.41, 5.74) is 0.908. The lowest BCUT2D eigenvalue weighted by atomic mass is 9.76. The van der Waals surface area contributed by atoms with Crippen LogP contribution in [0.2, 0.25) is 0 Å². The van der Waals surface area contributed by atoms with Gasteiger partial charge in [-0.3, -0.25) is 13.9 Å². The molecule has 0 bridgehead atoms. The van der Waals surface area contributed by atoms with E-state index in [9.17, 15) is 14.7 Å². The summed E-state index contributed by atoms with van der Waals surface area (Å²) in [5.74, 6) is 1.19. The number of carbonyl (C=O) groups is 1. The van der Waals surface area contributed by atoms with Crippen molar-refractivity contribution in [2.24, 2.45) is 5.41 Å². The zero-order valence-electron chi connectivity index (χ0n) is 15.1. The summed E-state index contributed by atoms with van der Waals surface area (Å²) in [6.45, 7) is 5.75. The molecule has 0 saturated heterocycles. The number of nitrogens with one attached hydrogen (secondary N) is 1. The lowest BCUT2D eigenvalue weighted by molar-refractivity contribution is -0.148. The fourth-order valence-electron chi connectivity index (χ4n) is 3.74. The van der Waals surface area contributed by atoms with Crippen molar-refractivity contribution in [1.82, 2.24) is 19.1 Å². The topological polar surface area (TPSA) is 102 Å². The Hall–Kier alpha value is -2.64. The van der Waals surface area contributed by atoms with Gasteiger partial charge in [0.1, 0.15) is 11.5 Å². The Kier molecular flexibility index (Phi) is 3.86. The maximum Gasteiger partial charge on any atom is 0.331 e. The first-order chi connectivity index (χ1) is 12.4. The highest BCUT2D eigenvalue weighted by molar-refractivity contribution is 5.78. The molecule has 0 aromatic rings. The van der Waals surface area contributed by atoms with Crippen molar-refractivity contribution in [1.29, 1.82) is 0 Å². The van der Waals surface area contributed by atoms with Gasteiger partial charge in [0.05, 0.1) is 5.41 Å². The smallest absolute Gasteiger partial charge is 0.331 e. The highest BCUT2D eigenvalue weighted by Gasteiger charge is 2.36. The fraction of sp³-hybridized carbons (Fsp3) is 0.556. The summed E-state index contributed by atoms with van der Waals surface area (Å²) in [5, 5.41) is 12.6. The second kappa shape index (κ2) is 5.96. The van der Waals surface area contributed by atoms with Gasteiger partial charge in [-0.1, -0.05) is 13.0 Å². The summed E-state index contributed by atoms with van der Waals surface area (Å²) in [6, 6.07) is 0. The number of imidazole rings is 1. The van der Waals surface area contributed by atoms with Crippen molar-refractivity contribution in [3.63, 3.8) is 0 Å². The third-order valence-corrected chi connectivity index (χ3v) is 5.48. The molecular weight excluding hydrogens is 334 g/mol. The summed E-state index contributed by atoms with van der Waals surface area (Å²) in [6.07, 6.45) is 4.43. The second-order valence-electron chi connectivity index (χ2n) is 7.38. The number of aliphatic carboxylic acids is 1. The van der Waals surface area contributed by atoms with Crippen molar-refractivity contribution < 1.29 is 9.90 Å². The Balaban J connectivity index is 1.81. The predicted molar refractivity (Wildman–Crippen MR) is 97.3 cm³/mol. The van der Waals surface area contributed by atoms with Crippen molar-refractivity contribution in [2.75, 3.05) is 11.9 Å². The highest BCUT2D eigenvalue weighted by Crippen LogP contribution is 2.39. The van der Waals surface area contributed by atoms with E-state index in [0.29, 0.717) is 50.5 Å². The summed E-state index contributed by atoms with van der Waals surface area (Å²) >= 11 is 0. The average molecular weight is 357 g/mol. The van der Waals surface area contributed by atoms with Crippen LogP contribution in [0, 0.1) is 5.41 Å². The first-order valence-corrected chi connectivity index (χ1v) is 9.12. The van der Waals surface area contributed by atoms with Gasteiger partial charge in [-0.15, -0.1) is 0 Å². The molecule has 4 aliphatic rings. The van der Waals surface area contributed by atoms with Crippen LogP contribution in [0.25, 0.3) is 17.1 Å². The van der Waals surface area contributed by atoms with Gasteiger partial charge in [0.25, 0.3) is 0 Å². The molecule has 1 unspecified atom stereocenters. The maximum atomic E-state index is 12.7. The molecule has 0 fully saturated rings. The number of aromatic nitrogens is 4. The molecule has 0 amide bonds. The molecule has 8 nitrogen and oxygen atoms in total. The number of anilines is 1. The van der Waals surface area contributed by atoms with Crippen LogP contribution in [-0.4, -0.2) is 36.7 Å². The van der Waals surface area contributed by atoms with E-state index in [4.69, 9.17) is 4.98 Å². The zero-order valence-corrected chi connectivity index (χ0v) is 15.1. The predicted octanol–water partition coefficient (Wildman–Crippen LogP) is 2.04. The van der Waals surface area contributed by atoms with Gasteiger partial charge in [0.15, 0.2) is 11.6 Å². The Morgan fingerprint density at radius 3 is 2.88 bits per heavy atom. The molecule has 1 atom stereocenters. The number of nitrogens with zero attached hydrogens (tertiary/aromatic N) is 4. The minimum absolute atomic E-state index is 0.0538. The van der Waals surface area contributed by atoms with Gasteiger partial charge in [0.2, 0.25) is 0 Å². The van der Waals surface area contributed by atoms with Gasteiger partial charge in [-0.2, -0.15) is 0 Å². The van der Waals surface area contributed by atoms with Crippen LogP contribution in [0.15, 0.2) is 10.9 Å². The highest BCUT2D eigenvalue weighted by atomic mass is 16.4. The van der Waals surface area contributed by atoms with Crippen LogP contribution in [0.3, 0.4) is 0 Å². The van der Waals surface area contributed by atoms with Crippen LogP contribution in [-0.2, 0) is 17.9 Å². The number of fused-ring (bicyclic) bond motifs is 3. The zero-order chi connectivity index (χ0) is 18.5. The summed E-state index contributed by atoms with van der Waals surface area (Å²) in [4.78, 5) is 33.6. The fourth-order valence-corrected chi connectivity index (χ4v) is 3.74. The normalized spacial score (nSPS) is 22.2. The number of allylic oxidation sites excluding steroid dienone is 2. The number of rotatable bonds is 4. The molecule has 0 radical (unpaired) electrons. The SMILES string of the molecule is CCCn1c2nc(C3=CCC(C)(C(=O)O)CC3)nc-2c2n(c1=O)CCN2. The van der Waals surface area contributed by atoms with E-state index in [1.807, 2.05) is 13.0 Å². The number of hydrogen-bond donors (Lipinski definition) is 2. The first kappa shape index (κ1) is 16.8. The van der Waals surface area contributed by atoms with E-state index < -0.39 is 11.4 Å². The van der Waals surface area contributed by atoms with Gasteiger partial charge in [-0.05, 0) is 38.2 Å². The third-order valence-electron chi connectivity index (χ3n) is 5.48. The van der Waals surface area contributed by atoms with Crippen LogP contribution >= 0.6 is 0 Å². The van der Waals surface area contributed by atoms with Gasteiger partial charge >= 0.3 is 11.7 Å². The molecule has 3 aliphatic heterocycles. The second-order valence-corrected chi connectivity index (χ2v) is 7.38. The van der Waals surface area contributed by atoms with Crippen molar-refractivity contribution in [2.45, 2.75) is 52.6 Å². The average Bonchev–Trinajstić information content (AvgIpc) is 3.26. The molecule has 1 aliphatic carbocycles. The quantitative estimate of drug-likeness (QED) is 0.868. The van der Waals surface area contributed by atoms with E-state index in [0.717, 1.165) is 23.5 Å². The number of carboxylic acids is 1. The lowest BCUT2D eigenvalue weighted by Gasteiger charge is -2.27. The number of hydrogen-bond acceptors (Lipinski definition) is 5. The monoisotopic (exact) mass is 357 g/mol. The molecule has 0 saturated carbocycles. The molecule has 0 spiro atoms. The summed E-state index contributed by atoms with van der Waals surface area (Å²) < 4.78 is 3.43. The molecule has 2 N–H and O–H groups in total. The van der Waals surface area contributed by atoms with Crippen molar-refractivity contribution in [3.05, 3.63) is 22.4 Å². The standard InChI is InChI=1S/C18H23N5O3/c1-3-9-22-15-12(14-19-8-10-23(14)17(22)26)20-13(21-15)11-4-6-18(2,7-5-11)16(24)25/h4,19H,3,5-10H2,1-2H3,(H,24,25). The molecule has 3 heterocycles. The van der Waals surface area contributed by atoms with E-state index in [1.165, 1.54) is 0 Å². The Labute approximate surface area is 150 Å². The van der Waals surface area contributed by atoms with E-state index in [2.05, 4.69) is 10.3 Å². The molecule has 4 rings (SSSR count). The van der Waals surface area contributed by atoms with E-state index in [-0.39, 0.29) is 5.69 Å². The van der Waals surface area contributed by atoms with E-state index in [1.54, 1.807) is 16.1 Å². The Morgan fingerprint density at radius 1 is 1.42 bits per heavy atom. The minimum Gasteiger partial charge on any atom is -0.481 e. The molecular formula is C18H23N5O3. The van der Waals surface area contributed by atoms with Crippen molar-refractivity contribution in [3.8, 4) is 11.5 Å². The Bertz CT molecular complexity index is 941. The van der Waals surface area contributed by atoms with Gasteiger partial charge < -0.3 is 10.4 Å². The Morgan fingerprint density at radius 2 is 2.23 bits per heavy atom. The molecule has 0 aromatic heterocycles. The largest absolute Gasteiger partial charge is 0.481 e. The van der Waals surface area contributed by atoms with Crippen LogP contribution in [0.1, 0.15) is 45.4 Å². The first-order valence-electron chi connectivity index (χ1n) is 9.12. The third kappa shape index (κ3) is 2.43. The summed E-state index contributed by atoms with van der Waals surface area (Å²) in [7, 11) is 0. The minimum atomic E-state index is -0.767. The molecule has 0 aromatic carbocycles. The van der Waals surface area contributed by atoms with Crippen LogP contribution in [0.5, 0.6) is 0 Å².